The number of nitrogens with zero attached hydrogens (tertiary/aromatic N) is 1. The molecule has 3 nitrogen and oxygen atoms in total. The highest BCUT2D eigenvalue weighted by Crippen LogP contribution is 2.24. The van der Waals surface area contributed by atoms with Gasteiger partial charge < -0.3 is 9.84 Å². The number of aliphatic hydroxyl groups is 1. The minimum absolute atomic E-state index is 0.149. The third-order valence-corrected chi connectivity index (χ3v) is 3.20. The molecule has 1 aromatic carbocycles. The van der Waals surface area contributed by atoms with Crippen molar-refractivity contribution < 1.29 is 9.84 Å². The second kappa shape index (κ2) is 5.94. The van der Waals surface area contributed by atoms with Crippen LogP contribution in [0.15, 0.2) is 36.5 Å². The maximum atomic E-state index is 10.3. The Labute approximate surface area is 107 Å². The zero-order chi connectivity index (χ0) is 13.0. The fourth-order valence-electron chi connectivity index (χ4n) is 2.18. The van der Waals surface area contributed by atoms with Crippen LogP contribution in [0.25, 0.3) is 10.9 Å². The molecule has 0 saturated carbocycles. The van der Waals surface area contributed by atoms with Crippen molar-refractivity contribution in [1.29, 1.82) is 0 Å². The standard InChI is InChI=1S/C15H19NO2/c1-3-5-14(18-2)15(17)12-7-8-13-11(10-12)6-4-9-16-13/h4,6-10,14-15,17H,3,5H2,1-2H3. The van der Waals surface area contributed by atoms with E-state index >= 15 is 0 Å². The molecule has 0 spiro atoms. The van der Waals surface area contributed by atoms with Crippen LogP contribution in [0.1, 0.15) is 31.4 Å². The summed E-state index contributed by atoms with van der Waals surface area (Å²) in [7, 11) is 1.64. The maximum absolute atomic E-state index is 10.3. The molecule has 0 bridgehead atoms. The number of methoxy groups -OCH3 is 1. The molecule has 96 valence electrons. The van der Waals surface area contributed by atoms with E-state index in [4.69, 9.17) is 4.74 Å². The molecule has 2 rings (SSSR count). The smallest absolute Gasteiger partial charge is 0.105 e. The van der Waals surface area contributed by atoms with Crippen molar-refractivity contribution in [1.82, 2.24) is 4.98 Å². The van der Waals surface area contributed by atoms with Crippen molar-refractivity contribution in [2.45, 2.75) is 32.0 Å². The van der Waals surface area contributed by atoms with E-state index in [1.807, 2.05) is 30.3 Å². The van der Waals surface area contributed by atoms with Gasteiger partial charge in [-0.25, -0.2) is 0 Å². The molecule has 1 aromatic heterocycles. The number of pyridine rings is 1. The first-order valence-electron chi connectivity index (χ1n) is 6.31. The van der Waals surface area contributed by atoms with E-state index in [-0.39, 0.29) is 6.10 Å². The molecular weight excluding hydrogens is 226 g/mol. The third kappa shape index (κ3) is 2.68. The Hall–Kier alpha value is -1.45. The van der Waals surface area contributed by atoms with Gasteiger partial charge in [0.15, 0.2) is 0 Å². The van der Waals surface area contributed by atoms with Gasteiger partial charge in [-0.3, -0.25) is 4.98 Å². The SMILES string of the molecule is CCCC(OC)C(O)c1ccc2ncccc2c1. The van der Waals surface area contributed by atoms with Crippen LogP contribution in [0.5, 0.6) is 0 Å². The number of hydrogen-bond donors (Lipinski definition) is 1. The molecule has 0 amide bonds. The lowest BCUT2D eigenvalue weighted by molar-refractivity contribution is -0.0179. The van der Waals surface area contributed by atoms with Crippen LogP contribution >= 0.6 is 0 Å². The number of aliphatic hydroxyl groups excluding tert-OH is 1. The summed E-state index contributed by atoms with van der Waals surface area (Å²) in [5.41, 5.74) is 1.83. The van der Waals surface area contributed by atoms with E-state index in [0.29, 0.717) is 0 Å². The lowest BCUT2D eigenvalue weighted by atomic mass is 9.99. The molecule has 2 unspecified atom stereocenters. The van der Waals surface area contributed by atoms with Gasteiger partial charge in [-0.1, -0.05) is 25.5 Å². The average molecular weight is 245 g/mol. The van der Waals surface area contributed by atoms with Crippen LogP contribution in [0.4, 0.5) is 0 Å². The normalized spacial score (nSPS) is 14.6. The van der Waals surface area contributed by atoms with Crippen LogP contribution in [0.2, 0.25) is 0 Å². The lowest BCUT2D eigenvalue weighted by Gasteiger charge is -2.21. The van der Waals surface area contributed by atoms with Crippen molar-refractivity contribution in [3.8, 4) is 0 Å². The second-order valence-electron chi connectivity index (χ2n) is 4.46. The van der Waals surface area contributed by atoms with E-state index in [1.54, 1.807) is 13.3 Å². The number of aromatic nitrogens is 1. The number of rotatable bonds is 5. The summed E-state index contributed by atoms with van der Waals surface area (Å²) in [6, 6.07) is 9.74. The summed E-state index contributed by atoms with van der Waals surface area (Å²) in [6.07, 6.45) is 2.88. The van der Waals surface area contributed by atoms with Crippen molar-refractivity contribution in [3.63, 3.8) is 0 Å². The zero-order valence-electron chi connectivity index (χ0n) is 10.8. The Balaban J connectivity index is 2.29. The van der Waals surface area contributed by atoms with Crippen molar-refractivity contribution in [2.75, 3.05) is 7.11 Å². The van der Waals surface area contributed by atoms with Crippen LogP contribution < -0.4 is 0 Å². The molecule has 1 N–H and O–H groups in total. The van der Waals surface area contributed by atoms with Crippen molar-refractivity contribution in [3.05, 3.63) is 42.1 Å². The Morgan fingerprint density at radius 3 is 2.89 bits per heavy atom. The Morgan fingerprint density at radius 2 is 2.17 bits per heavy atom. The van der Waals surface area contributed by atoms with Crippen LogP contribution in [0.3, 0.4) is 0 Å². The molecule has 2 aromatic rings. The summed E-state index contributed by atoms with van der Waals surface area (Å²) >= 11 is 0. The Morgan fingerprint density at radius 1 is 1.33 bits per heavy atom. The van der Waals surface area contributed by atoms with Crippen LogP contribution in [-0.2, 0) is 4.74 Å². The first-order valence-corrected chi connectivity index (χ1v) is 6.31. The molecule has 0 aliphatic carbocycles. The summed E-state index contributed by atoms with van der Waals surface area (Å²) in [5.74, 6) is 0. The Kier molecular flexibility index (Phi) is 4.28. The van der Waals surface area contributed by atoms with Gasteiger partial charge in [0.1, 0.15) is 6.10 Å². The molecule has 0 radical (unpaired) electrons. The van der Waals surface area contributed by atoms with Crippen LogP contribution in [0, 0.1) is 0 Å². The van der Waals surface area contributed by atoms with Gasteiger partial charge in [-0.05, 0) is 30.2 Å². The summed E-state index contributed by atoms with van der Waals surface area (Å²) in [4.78, 5) is 4.27. The van der Waals surface area contributed by atoms with E-state index in [9.17, 15) is 5.11 Å². The third-order valence-electron chi connectivity index (χ3n) is 3.20. The fourth-order valence-corrected chi connectivity index (χ4v) is 2.18. The first-order chi connectivity index (χ1) is 8.76. The molecule has 18 heavy (non-hydrogen) atoms. The largest absolute Gasteiger partial charge is 0.386 e. The molecule has 1 heterocycles. The predicted octanol–water partition coefficient (Wildman–Crippen LogP) is 3.08. The number of ether oxygens (including phenoxy) is 1. The second-order valence-corrected chi connectivity index (χ2v) is 4.46. The molecular formula is C15H19NO2. The van der Waals surface area contributed by atoms with Gasteiger partial charge in [0.2, 0.25) is 0 Å². The van der Waals surface area contributed by atoms with Gasteiger partial charge in [-0.2, -0.15) is 0 Å². The summed E-state index contributed by atoms with van der Waals surface area (Å²) in [5, 5.41) is 11.4. The van der Waals surface area contributed by atoms with E-state index in [0.717, 1.165) is 29.3 Å². The summed E-state index contributed by atoms with van der Waals surface area (Å²) in [6.45, 7) is 2.09. The fraction of sp³-hybridized carbons (Fsp3) is 0.400. The zero-order valence-corrected chi connectivity index (χ0v) is 10.8. The monoisotopic (exact) mass is 245 g/mol. The van der Waals surface area contributed by atoms with Gasteiger partial charge in [-0.15, -0.1) is 0 Å². The number of benzene rings is 1. The molecule has 0 saturated heterocycles. The van der Waals surface area contributed by atoms with Gasteiger partial charge in [0.05, 0.1) is 11.6 Å². The van der Waals surface area contributed by atoms with E-state index < -0.39 is 6.10 Å². The highest BCUT2D eigenvalue weighted by Gasteiger charge is 2.19. The topological polar surface area (TPSA) is 42.4 Å². The molecule has 0 fully saturated rings. The van der Waals surface area contributed by atoms with Crippen LogP contribution in [-0.4, -0.2) is 23.3 Å². The highest BCUT2D eigenvalue weighted by atomic mass is 16.5. The first kappa shape index (κ1) is 13.0. The average Bonchev–Trinajstić information content (AvgIpc) is 2.43. The maximum Gasteiger partial charge on any atom is 0.105 e. The number of fused-ring (bicyclic) bond motifs is 1. The van der Waals surface area contributed by atoms with E-state index in [2.05, 4.69) is 11.9 Å². The quantitative estimate of drug-likeness (QED) is 0.880. The number of hydrogen-bond acceptors (Lipinski definition) is 3. The van der Waals surface area contributed by atoms with Crippen molar-refractivity contribution >= 4 is 10.9 Å². The summed E-state index contributed by atoms with van der Waals surface area (Å²) < 4.78 is 5.35. The van der Waals surface area contributed by atoms with Gasteiger partial charge in [0, 0.05) is 18.7 Å². The Bertz CT molecular complexity index is 513. The molecule has 2 atom stereocenters. The van der Waals surface area contributed by atoms with E-state index in [1.165, 1.54) is 0 Å². The predicted molar refractivity (Wildman–Crippen MR) is 72.4 cm³/mol. The van der Waals surface area contributed by atoms with Crippen molar-refractivity contribution in [2.24, 2.45) is 0 Å². The molecule has 3 heteroatoms. The minimum atomic E-state index is -0.584. The minimum Gasteiger partial charge on any atom is -0.386 e. The van der Waals surface area contributed by atoms with Gasteiger partial charge in [0.25, 0.3) is 0 Å². The highest BCUT2D eigenvalue weighted by molar-refractivity contribution is 5.79. The molecule has 0 aliphatic heterocycles. The lowest BCUT2D eigenvalue weighted by Crippen LogP contribution is -2.20. The van der Waals surface area contributed by atoms with Gasteiger partial charge >= 0.3 is 0 Å². The molecule has 0 aliphatic rings.